The van der Waals surface area contributed by atoms with Gasteiger partial charge in [0.15, 0.2) is 0 Å². The number of urea groups is 1. The molecule has 1 saturated heterocycles. The standard InChI is InChI=1S/C15H20N4O2/c16-15(21)19-8-7-17-13(9-19)14(20)18-12-6-5-10-3-1-2-4-11(10)12/h1-4,12-13,17H,5-9H2,(H2,16,21)(H,18,20)/t12-,13?/m0/s1. The predicted molar refractivity (Wildman–Crippen MR) is 78.6 cm³/mol. The van der Waals surface area contributed by atoms with Crippen LogP contribution in [0.3, 0.4) is 0 Å². The molecule has 1 heterocycles. The quantitative estimate of drug-likeness (QED) is 0.723. The van der Waals surface area contributed by atoms with Crippen LogP contribution in [-0.2, 0) is 11.2 Å². The second-order valence-electron chi connectivity index (χ2n) is 5.59. The molecule has 0 radical (unpaired) electrons. The molecule has 6 heteroatoms. The predicted octanol–water partition coefficient (Wildman–Crippen LogP) is 0.143. The minimum absolute atomic E-state index is 0.0670. The number of carbonyl (C=O) groups excluding carboxylic acids is 2. The Morgan fingerprint density at radius 1 is 1.33 bits per heavy atom. The van der Waals surface area contributed by atoms with Crippen molar-refractivity contribution < 1.29 is 9.59 Å². The van der Waals surface area contributed by atoms with Crippen LogP contribution in [-0.4, -0.2) is 42.5 Å². The van der Waals surface area contributed by atoms with Gasteiger partial charge in [-0.15, -0.1) is 0 Å². The van der Waals surface area contributed by atoms with Crippen LogP contribution in [0.15, 0.2) is 24.3 Å². The Kier molecular flexibility index (Phi) is 3.79. The van der Waals surface area contributed by atoms with Crippen LogP contribution in [0.2, 0.25) is 0 Å². The molecule has 0 bridgehead atoms. The van der Waals surface area contributed by atoms with Crippen molar-refractivity contribution in [3.63, 3.8) is 0 Å². The topological polar surface area (TPSA) is 87.5 Å². The van der Waals surface area contributed by atoms with E-state index in [-0.39, 0.29) is 18.0 Å². The summed E-state index contributed by atoms with van der Waals surface area (Å²) in [6.07, 6.45) is 1.92. The fraction of sp³-hybridized carbons (Fsp3) is 0.467. The van der Waals surface area contributed by atoms with Crippen molar-refractivity contribution in [1.29, 1.82) is 0 Å². The molecule has 1 aliphatic heterocycles. The lowest BCUT2D eigenvalue weighted by Gasteiger charge is -2.32. The van der Waals surface area contributed by atoms with Gasteiger partial charge in [0.2, 0.25) is 5.91 Å². The number of hydrogen-bond donors (Lipinski definition) is 3. The van der Waals surface area contributed by atoms with Gasteiger partial charge >= 0.3 is 6.03 Å². The summed E-state index contributed by atoms with van der Waals surface area (Å²) >= 11 is 0. The summed E-state index contributed by atoms with van der Waals surface area (Å²) in [6.45, 7) is 1.46. The van der Waals surface area contributed by atoms with Crippen molar-refractivity contribution in [3.05, 3.63) is 35.4 Å². The number of carbonyl (C=O) groups is 2. The number of aryl methyl sites for hydroxylation is 1. The van der Waals surface area contributed by atoms with Gasteiger partial charge in [0.1, 0.15) is 6.04 Å². The zero-order valence-corrected chi connectivity index (χ0v) is 11.8. The molecule has 6 nitrogen and oxygen atoms in total. The van der Waals surface area contributed by atoms with E-state index in [0.29, 0.717) is 19.6 Å². The second kappa shape index (κ2) is 5.73. The molecule has 21 heavy (non-hydrogen) atoms. The summed E-state index contributed by atoms with van der Waals surface area (Å²) in [4.78, 5) is 25.1. The van der Waals surface area contributed by atoms with E-state index in [0.717, 1.165) is 12.8 Å². The number of fused-ring (bicyclic) bond motifs is 1. The fourth-order valence-corrected chi connectivity index (χ4v) is 3.11. The average molecular weight is 288 g/mol. The van der Waals surface area contributed by atoms with E-state index >= 15 is 0 Å². The van der Waals surface area contributed by atoms with Gasteiger partial charge in [-0.2, -0.15) is 0 Å². The smallest absolute Gasteiger partial charge is 0.314 e. The third-order valence-corrected chi connectivity index (χ3v) is 4.25. The van der Waals surface area contributed by atoms with Gasteiger partial charge in [0.05, 0.1) is 6.04 Å². The van der Waals surface area contributed by atoms with Gasteiger partial charge in [-0.25, -0.2) is 4.79 Å². The monoisotopic (exact) mass is 288 g/mol. The molecule has 2 aliphatic rings. The van der Waals surface area contributed by atoms with Crippen molar-refractivity contribution in [1.82, 2.24) is 15.5 Å². The van der Waals surface area contributed by atoms with E-state index in [2.05, 4.69) is 22.8 Å². The molecule has 3 amide bonds. The lowest BCUT2D eigenvalue weighted by Crippen LogP contribution is -2.59. The molecule has 2 atom stereocenters. The minimum Gasteiger partial charge on any atom is -0.351 e. The summed E-state index contributed by atoms with van der Waals surface area (Å²) in [6, 6.07) is 7.40. The molecule has 1 unspecified atom stereocenters. The third-order valence-electron chi connectivity index (χ3n) is 4.25. The molecule has 112 valence electrons. The first-order valence-electron chi connectivity index (χ1n) is 7.31. The maximum Gasteiger partial charge on any atom is 0.314 e. The van der Waals surface area contributed by atoms with Gasteiger partial charge in [-0.3, -0.25) is 4.79 Å². The number of piperazine rings is 1. The maximum absolute atomic E-state index is 12.4. The number of hydrogen-bond acceptors (Lipinski definition) is 3. The lowest BCUT2D eigenvalue weighted by atomic mass is 10.1. The second-order valence-corrected chi connectivity index (χ2v) is 5.59. The molecular formula is C15H20N4O2. The van der Waals surface area contributed by atoms with Crippen LogP contribution in [0.4, 0.5) is 4.79 Å². The Morgan fingerprint density at radius 3 is 2.95 bits per heavy atom. The molecule has 0 spiro atoms. The van der Waals surface area contributed by atoms with Crippen LogP contribution in [0.1, 0.15) is 23.6 Å². The highest BCUT2D eigenvalue weighted by Gasteiger charge is 2.30. The van der Waals surface area contributed by atoms with E-state index in [4.69, 9.17) is 5.73 Å². The van der Waals surface area contributed by atoms with E-state index in [1.54, 1.807) is 0 Å². The summed E-state index contributed by atoms with van der Waals surface area (Å²) < 4.78 is 0. The molecular weight excluding hydrogens is 268 g/mol. The third kappa shape index (κ3) is 2.85. The molecule has 1 aromatic carbocycles. The van der Waals surface area contributed by atoms with Crippen molar-refractivity contribution in [2.45, 2.75) is 24.9 Å². The van der Waals surface area contributed by atoms with Crippen molar-refractivity contribution in [3.8, 4) is 0 Å². The van der Waals surface area contributed by atoms with Gasteiger partial charge in [0, 0.05) is 19.6 Å². The van der Waals surface area contributed by atoms with Gasteiger partial charge < -0.3 is 21.3 Å². The lowest BCUT2D eigenvalue weighted by molar-refractivity contribution is -0.124. The first-order valence-corrected chi connectivity index (χ1v) is 7.31. The van der Waals surface area contributed by atoms with Crippen LogP contribution in [0.5, 0.6) is 0 Å². The highest BCUT2D eigenvalue weighted by atomic mass is 16.2. The average Bonchev–Trinajstić information content (AvgIpc) is 2.91. The molecule has 1 fully saturated rings. The first kappa shape index (κ1) is 13.9. The summed E-state index contributed by atoms with van der Waals surface area (Å²) in [5.41, 5.74) is 7.79. The Balaban J connectivity index is 1.63. The number of nitrogens with two attached hydrogens (primary N) is 1. The zero-order valence-electron chi connectivity index (χ0n) is 11.8. The summed E-state index contributed by atoms with van der Waals surface area (Å²) in [5.74, 6) is -0.0670. The van der Waals surface area contributed by atoms with Crippen LogP contribution in [0, 0.1) is 0 Å². The number of nitrogens with zero attached hydrogens (tertiary/aromatic N) is 1. The largest absolute Gasteiger partial charge is 0.351 e. The first-order chi connectivity index (χ1) is 10.1. The van der Waals surface area contributed by atoms with E-state index in [9.17, 15) is 9.59 Å². The Morgan fingerprint density at radius 2 is 2.14 bits per heavy atom. The van der Waals surface area contributed by atoms with Crippen molar-refractivity contribution in [2.24, 2.45) is 5.73 Å². The Labute approximate surface area is 123 Å². The van der Waals surface area contributed by atoms with Crippen LogP contribution < -0.4 is 16.4 Å². The Bertz CT molecular complexity index is 560. The Hall–Kier alpha value is -2.08. The van der Waals surface area contributed by atoms with E-state index in [1.165, 1.54) is 16.0 Å². The molecule has 1 aliphatic carbocycles. The van der Waals surface area contributed by atoms with Gasteiger partial charge in [-0.1, -0.05) is 24.3 Å². The van der Waals surface area contributed by atoms with Crippen molar-refractivity contribution in [2.75, 3.05) is 19.6 Å². The fourth-order valence-electron chi connectivity index (χ4n) is 3.11. The normalized spacial score (nSPS) is 24.5. The number of rotatable bonds is 2. The molecule has 0 aromatic heterocycles. The van der Waals surface area contributed by atoms with Crippen LogP contribution >= 0.6 is 0 Å². The van der Waals surface area contributed by atoms with E-state index < -0.39 is 6.03 Å². The highest BCUT2D eigenvalue weighted by Crippen LogP contribution is 2.30. The minimum atomic E-state index is -0.472. The maximum atomic E-state index is 12.4. The van der Waals surface area contributed by atoms with Crippen LogP contribution in [0.25, 0.3) is 0 Å². The number of primary amides is 1. The van der Waals surface area contributed by atoms with Gasteiger partial charge in [0.25, 0.3) is 0 Å². The summed E-state index contributed by atoms with van der Waals surface area (Å²) in [5, 5.41) is 6.22. The highest BCUT2D eigenvalue weighted by molar-refractivity contribution is 5.83. The number of amides is 3. The summed E-state index contributed by atoms with van der Waals surface area (Å²) in [7, 11) is 0. The zero-order chi connectivity index (χ0) is 14.8. The molecule has 0 saturated carbocycles. The molecule has 4 N–H and O–H groups in total. The molecule has 1 aromatic rings. The van der Waals surface area contributed by atoms with Gasteiger partial charge in [-0.05, 0) is 24.0 Å². The van der Waals surface area contributed by atoms with E-state index in [1.807, 2.05) is 12.1 Å². The number of benzene rings is 1. The number of nitrogens with one attached hydrogen (secondary N) is 2. The van der Waals surface area contributed by atoms with Crippen molar-refractivity contribution >= 4 is 11.9 Å². The molecule has 3 rings (SSSR count). The SMILES string of the molecule is NC(=O)N1CCNC(C(=O)N[C@H]2CCc3ccccc32)C1.